The monoisotopic (exact) mass is 441 g/mol. The lowest BCUT2D eigenvalue weighted by molar-refractivity contribution is -0.0273. The highest BCUT2D eigenvalue weighted by Gasteiger charge is 2.38. The third-order valence-electron chi connectivity index (χ3n) is 7.00. The second-order valence-corrected chi connectivity index (χ2v) is 9.20. The van der Waals surface area contributed by atoms with Crippen LogP contribution in [0.3, 0.4) is 0 Å². The Labute approximate surface area is 184 Å². The zero-order valence-electron chi connectivity index (χ0n) is 17.7. The average Bonchev–Trinajstić information content (AvgIpc) is 2.99. The highest BCUT2D eigenvalue weighted by Crippen LogP contribution is 2.38. The molecule has 1 saturated heterocycles. The average molecular weight is 442 g/mol. The molecule has 4 rings (SSSR count). The van der Waals surface area contributed by atoms with Gasteiger partial charge in [-0.15, -0.1) is 12.4 Å². The summed E-state index contributed by atoms with van der Waals surface area (Å²) in [4.78, 5) is 18.3. The van der Waals surface area contributed by atoms with E-state index >= 15 is 0 Å². The number of aromatic nitrogens is 2. The van der Waals surface area contributed by atoms with Crippen LogP contribution in [-0.4, -0.2) is 45.8 Å². The second-order valence-electron chi connectivity index (χ2n) is 8.79. The number of fused-ring (bicyclic) bond motifs is 1. The molecule has 162 valence electrons. The van der Waals surface area contributed by atoms with Gasteiger partial charge in [-0.3, -0.25) is 9.47 Å². The number of piperidine rings is 1. The fourth-order valence-corrected chi connectivity index (χ4v) is 5.37. The third kappa shape index (κ3) is 4.39. The summed E-state index contributed by atoms with van der Waals surface area (Å²) < 4.78 is 7.79. The molecule has 5 nitrogen and oxygen atoms in total. The maximum atomic E-state index is 12.6. The molecule has 1 N–H and O–H groups in total. The van der Waals surface area contributed by atoms with Crippen molar-refractivity contribution in [3.05, 3.63) is 33.2 Å². The Kier molecular flexibility index (Phi) is 7.04. The highest BCUT2D eigenvalue weighted by molar-refractivity contribution is 6.32. The number of nitrogens with one attached hydrogen (secondary N) is 1. The molecule has 1 aliphatic carbocycles. The summed E-state index contributed by atoms with van der Waals surface area (Å²) in [6.07, 6.45) is 7.19. The smallest absolute Gasteiger partial charge is 0.326 e. The molecule has 1 aromatic carbocycles. The molecule has 0 unspecified atom stereocenters. The molecule has 2 aromatic rings. The van der Waals surface area contributed by atoms with Crippen molar-refractivity contribution in [2.45, 2.75) is 77.0 Å². The van der Waals surface area contributed by atoms with Gasteiger partial charge in [0, 0.05) is 36.3 Å². The maximum absolute atomic E-state index is 12.6. The summed E-state index contributed by atoms with van der Waals surface area (Å²) in [5, 5.41) is 0.700. The number of hydrogen-bond donors (Lipinski definition) is 1. The largest absolute Gasteiger partial charge is 0.379 e. The summed E-state index contributed by atoms with van der Waals surface area (Å²) in [5.41, 5.74) is 3.09. The topological polar surface area (TPSA) is 50.3 Å². The molecule has 0 bridgehead atoms. The number of hydrogen-bond acceptors (Lipinski definition) is 3. The number of ether oxygens (including phenoxy) is 1. The van der Waals surface area contributed by atoms with Crippen LogP contribution < -0.4 is 5.69 Å². The minimum Gasteiger partial charge on any atom is -0.379 e. The van der Waals surface area contributed by atoms with Crippen molar-refractivity contribution in [2.75, 3.05) is 19.7 Å². The molecule has 0 radical (unpaired) electrons. The fourth-order valence-electron chi connectivity index (χ4n) is 5.21. The van der Waals surface area contributed by atoms with Gasteiger partial charge in [-0.25, -0.2) is 4.79 Å². The van der Waals surface area contributed by atoms with E-state index in [2.05, 4.69) is 23.7 Å². The lowest BCUT2D eigenvalue weighted by Crippen LogP contribution is -2.53. The van der Waals surface area contributed by atoms with Crippen LogP contribution in [0, 0.1) is 6.92 Å². The summed E-state index contributed by atoms with van der Waals surface area (Å²) in [6.45, 7) is 9.40. The third-order valence-corrected chi connectivity index (χ3v) is 7.41. The number of aryl methyl sites for hydroxylation is 1. The number of imidazole rings is 1. The molecule has 1 saturated carbocycles. The summed E-state index contributed by atoms with van der Waals surface area (Å²) in [6, 6.07) is 4.16. The van der Waals surface area contributed by atoms with E-state index in [4.69, 9.17) is 16.3 Å². The molecule has 1 aromatic heterocycles. The first-order chi connectivity index (χ1) is 13.4. The summed E-state index contributed by atoms with van der Waals surface area (Å²) in [7, 11) is 0. The Morgan fingerprint density at radius 1 is 1.21 bits per heavy atom. The number of benzene rings is 1. The summed E-state index contributed by atoms with van der Waals surface area (Å²) in [5.74, 6) is 0. The quantitative estimate of drug-likeness (QED) is 0.718. The van der Waals surface area contributed by atoms with Gasteiger partial charge < -0.3 is 9.72 Å². The lowest BCUT2D eigenvalue weighted by atomic mass is 9.79. The van der Waals surface area contributed by atoms with Crippen LogP contribution in [0.4, 0.5) is 0 Å². The number of H-pyrrole nitrogens is 1. The fraction of sp³-hybridized carbons (Fsp3) is 0.682. The van der Waals surface area contributed by atoms with Crippen molar-refractivity contribution in [1.82, 2.24) is 14.5 Å². The van der Waals surface area contributed by atoms with E-state index in [9.17, 15) is 4.79 Å². The number of nitrogens with zero attached hydrogens (tertiary/aromatic N) is 2. The van der Waals surface area contributed by atoms with Crippen molar-refractivity contribution < 1.29 is 4.74 Å². The molecular formula is C22H33Cl2N3O2. The zero-order valence-corrected chi connectivity index (χ0v) is 19.2. The van der Waals surface area contributed by atoms with E-state index in [0.717, 1.165) is 62.0 Å². The van der Waals surface area contributed by atoms with Gasteiger partial charge in [0.05, 0.1) is 17.1 Å². The first-order valence-electron chi connectivity index (χ1n) is 10.7. The second kappa shape index (κ2) is 9.01. The van der Waals surface area contributed by atoms with Crippen LogP contribution in [-0.2, 0) is 4.74 Å². The molecule has 2 heterocycles. The van der Waals surface area contributed by atoms with Gasteiger partial charge in [0.2, 0.25) is 0 Å². The minimum atomic E-state index is -0.0152. The molecule has 0 spiro atoms. The van der Waals surface area contributed by atoms with Gasteiger partial charge in [-0.2, -0.15) is 0 Å². The molecule has 1 aliphatic heterocycles. The van der Waals surface area contributed by atoms with Crippen LogP contribution in [0.1, 0.15) is 64.0 Å². The van der Waals surface area contributed by atoms with Crippen molar-refractivity contribution >= 4 is 35.0 Å². The Balaban J connectivity index is 0.00000240. The first kappa shape index (κ1) is 22.7. The molecular weight excluding hydrogens is 409 g/mol. The van der Waals surface area contributed by atoms with E-state index in [1.807, 2.05) is 23.6 Å². The van der Waals surface area contributed by atoms with Crippen molar-refractivity contribution in [3.63, 3.8) is 0 Å². The predicted octanol–water partition coefficient (Wildman–Crippen LogP) is 5.09. The maximum Gasteiger partial charge on any atom is 0.326 e. The Hall–Kier alpha value is -1.01. The number of rotatable bonds is 4. The Morgan fingerprint density at radius 2 is 1.86 bits per heavy atom. The van der Waals surface area contributed by atoms with Gasteiger partial charge in [0.1, 0.15) is 0 Å². The molecule has 7 heteroatoms. The summed E-state index contributed by atoms with van der Waals surface area (Å²) >= 11 is 6.24. The standard InChI is InChI=1S/C22H32ClN3O2.ClH/c1-4-28-17-5-9-22(3,10-6-17)25-11-7-16(8-12-25)26-20-13-15(2)18(23)14-19(20)24-21(26)27;/h13-14,16-17H,4-12H2,1-3H3,(H,24,27);1H/t17-,22-;. The van der Waals surface area contributed by atoms with Crippen LogP contribution >= 0.6 is 24.0 Å². The molecule has 2 fully saturated rings. The number of aromatic amines is 1. The lowest BCUT2D eigenvalue weighted by Gasteiger charge is -2.48. The van der Waals surface area contributed by atoms with E-state index in [1.165, 1.54) is 12.8 Å². The Bertz CT molecular complexity index is 891. The van der Waals surface area contributed by atoms with Gasteiger partial charge in [0.25, 0.3) is 0 Å². The van der Waals surface area contributed by atoms with Gasteiger partial charge >= 0.3 is 5.69 Å². The van der Waals surface area contributed by atoms with Gasteiger partial charge in [-0.05, 0) is 77.0 Å². The van der Waals surface area contributed by atoms with Gasteiger partial charge in [0.15, 0.2) is 0 Å². The SMILES string of the molecule is CCO[C@H]1CC[C@](C)(N2CCC(n3c(=O)[nH]c4cc(Cl)c(C)cc43)CC2)CC1.Cl. The van der Waals surface area contributed by atoms with E-state index < -0.39 is 0 Å². The number of halogens is 2. The Morgan fingerprint density at radius 3 is 2.48 bits per heavy atom. The van der Waals surface area contributed by atoms with E-state index in [0.29, 0.717) is 11.1 Å². The normalized spacial score (nSPS) is 26.6. The van der Waals surface area contributed by atoms with Crippen LogP contribution in [0.15, 0.2) is 16.9 Å². The number of likely N-dealkylation sites (tertiary alicyclic amines) is 1. The molecule has 0 amide bonds. The van der Waals surface area contributed by atoms with Crippen molar-refractivity contribution in [2.24, 2.45) is 0 Å². The van der Waals surface area contributed by atoms with Crippen molar-refractivity contribution in [1.29, 1.82) is 0 Å². The predicted molar refractivity (Wildman–Crippen MR) is 122 cm³/mol. The zero-order chi connectivity index (χ0) is 19.9. The van der Waals surface area contributed by atoms with E-state index in [-0.39, 0.29) is 29.7 Å². The van der Waals surface area contributed by atoms with Crippen LogP contribution in [0.5, 0.6) is 0 Å². The van der Waals surface area contributed by atoms with Crippen LogP contribution in [0.2, 0.25) is 5.02 Å². The molecule has 2 aliphatic rings. The van der Waals surface area contributed by atoms with E-state index in [1.54, 1.807) is 0 Å². The van der Waals surface area contributed by atoms with Crippen molar-refractivity contribution in [3.8, 4) is 0 Å². The highest BCUT2D eigenvalue weighted by atomic mass is 35.5. The minimum absolute atomic E-state index is 0. The molecule has 0 atom stereocenters. The van der Waals surface area contributed by atoms with Gasteiger partial charge in [-0.1, -0.05) is 11.6 Å². The first-order valence-corrected chi connectivity index (χ1v) is 11.1. The molecule has 29 heavy (non-hydrogen) atoms. The van der Waals surface area contributed by atoms with Crippen LogP contribution in [0.25, 0.3) is 11.0 Å².